The molecule has 6 heteroatoms. The van der Waals surface area contributed by atoms with Crippen molar-refractivity contribution in [2.45, 2.75) is 70.5 Å². The molecule has 3 aromatic rings. The number of benzene rings is 3. The molecule has 0 heterocycles. The molecule has 2 bridgehead atoms. The molecule has 6 nitrogen and oxygen atoms in total. The first-order chi connectivity index (χ1) is 21.6. The molecule has 0 aliphatic heterocycles. The van der Waals surface area contributed by atoms with Crippen LogP contribution in [0, 0.1) is 28.6 Å². The monoisotopic (exact) mass is 610 g/mol. The van der Waals surface area contributed by atoms with Crippen LogP contribution in [0.1, 0.15) is 68.6 Å². The highest BCUT2D eigenvalue weighted by Gasteiger charge is 2.81. The van der Waals surface area contributed by atoms with Crippen molar-refractivity contribution in [3.63, 3.8) is 0 Å². The summed E-state index contributed by atoms with van der Waals surface area (Å²) >= 11 is 0. The molecule has 4 N–H and O–H groups in total. The SMILES string of the molecule is C=C1C2C(CO)CC(C(=O)CCc3cccc(-c4ccc(Cc5ccc(O)cc5)c(O)c4)c3)(C2(O)OC)C1(C)C1CCCCC1. The maximum Gasteiger partial charge on any atom is 0.185 e. The van der Waals surface area contributed by atoms with E-state index in [1.54, 1.807) is 18.2 Å². The van der Waals surface area contributed by atoms with Crippen molar-refractivity contribution in [3.05, 3.63) is 95.6 Å². The van der Waals surface area contributed by atoms with E-state index in [1.807, 2.05) is 42.5 Å². The van der Waals surface area contributed by atoms with E-state index in [4.69, 9.17) is 4.74 Å². The van der Waals surface area contributed by atoms with Gasteiger partial charge in [0, 0.05) is 37.9 Å². The Balaban J connectivity index is 1.24. The molecule has 0 amide bonds. The van der Waals surface area contributed by atoms with Crippen molar-refractivity contribution in [1.82, 2.24) is 0 Å². The van der Waals surface area contributed by atoms with Crippen LogP contribution in [0.2, 0.25) is 0 Å². The standard InChI is InChI=1S/C39H46O6/c1-25-36-31(24-40)23-38(39(36,44)45-3,37(25,2)32-10-5-4-6-11-32)35(43)19-14-26-8-7-9-28(20-26)29-15-16-30(34(42)22-29)21-27-12-17-33(41)18-13-27/h7-9,12-13,15-18,20,22,31-32,36,40-42,44H,1,4-6,10-11,14,19,21,23-24H2,2-3H3. The number of aliphatic hydroxyl groups excluding tert-OH is 1. The molecule has 0 radical (unpaired) electrons. The Morgan fingerprint density at radius 3 is 2.33 bits per heavy atom. The van der Waals surface area contributed by atoms with Gasteiger partial charge in [-0.25, -0.2) is 0 Å². The minimum Gasteiger partial charge on any atom is -0.508 e. The first-order valence-corrected chi connectivity index (χ1v) is 16.4. The number of hydrogen-bond donors (Lipinski definition) is 4. The van der Waals surface area contributed by atoms with Crippen molar-refractivity contribution in [2.24, 2.45) is 28.6 Å². The predicted octanol–water partition coefficient (Wildman–Crippen LogP) is 6.96. The molecule has 238 valence electrons. The highest BCUT2D eigenvalue weighted by Crippen LogP contribution is 2.76. The minimum absolute atomic E-state index is 0.0128. The number of carbonyl (C=O) groups is 1. The smallest absolute Gasteiger partial charge is 0.185 e. The average molecular weight is 611 g/mol. The zero-order valence-corrected chi connectivity index (χ0v) is 26.5. The number of hydrogen-bond acceptors (Lipinski definition) is 6. The predicted molar refractivity (Wildman–Crippen MR) is 175 cm³/mol. The van der Waals surface area contributed by atoms with Crippen molar-refractivity contribution in [2.75, 3.05) is 13.7 Å². The number of carbonyl (C=O) groups excluding carboxylic acids is 1. The third-order valence-corrected chi connectivity index (χ3v) is 11.8. The molecule has 0 saturated heterocycles. The van der Waals surface area contributed by atoms with Crippen LogP contribution in [-0.2, 0) is 22.4 Å². The minimum atomic E-state index is -1.69. The van der Waals surface area contributed by atoms with E-state index >= 15 is 0 Å². The molecule has 0 spiro atoms. The molecule has 3 fully saturated rings. The van der Waals surface area contributed by atoms with E-state index in [-0.39, 0.29) is 42.1 Å². The summed E-state index contributed by atoms with van der Waals surface area (Å²) in [6.07, 6.45) is 7.11. The third kappa shape index (κ3) is 4.93. The second-order valence-electron chi connectivity index (χ2n) is 13.8. The average Bonchev–Trinajstić information content (AvgIpc) is 3.42. The van der Waals surface area contributed by atoms with Gasteiger partial charge in [-0.05, 0) is 83.5 Å². The molecule has 3 aliphatic carbocycles. The van der Waals surface area contributed by atoms with Gasteiger partial charge < -0.3 is 25.2 Å². The van der Waals surface area contributed by atoms with Crippen LogP contribution in [0.4, 0.5) is 0 Å². The number of aromatic hydroxyl groups is 2. The summed E-state index contributed by atoms with van der Waals surface area (Å²) in [5.74, 6) is -1.79. The van der Waals surface area contributed by atoms with Gasteiger partial charge in [0.05, 0.1) is 5.41 Å². The molecule has 5 unspecified atom stereocenters. The molecule has 5 atom stereocenters. The lowest BCUT2D eigenvalue weighted by Gasteiger charge is -2.53. The lowest BCUT2D eigenvalue weighted by molar-refractivity contribution is -0.259. The number of rotatable bonds is 10. The van der Waals surface area contributed by atoms with Crippen molar-refractivity contribution >= 4 is 5.78 Å². The number of ether oxygens (including phenoxy) is 1. The van der Waals surface area contributed by atoms with Crippen molar-refractivity contribution in [3.8, 4) is 22.6 Å². The summed E-state index contributed by atoms with van der Waals surface area (Å²) in [4.78, 5) is 14.6. The van der Waals surface area contributed by atoms with E-state index in [1.165, 1.54) is 13.5 Å². The zero-order chi connectivity index (χ0) is 32.0. The van der Waals surface area contributed by atoms with Gasteiger partial charge in [0.25, 0.3) is 0 Å². The van der Waals surface area contributed by atoms with Gasteiger partial charge in [0.1, 0.15) is 17.3 Å². The number of fused-ring (bicyclic) bond motifs is 2. The van der Waals surface area contributed by atoms with Crippen LogP contribution < -0.4 is 0 Å². The normalized spacial score (nSPS) is 29.7. The van der Waals surface area contributed by atoms with Gasteiger partial charge >= 0.3 is 0 Å². The second kappa shape index (κ2) is 12.1. The Morgan fingerprint density at radius 2 is 1.67 bits per heavy atom. The van der Waals surface area contributed by atoms with Crippen LogP contribution >= 0.6 is 0 Å². The van der Waals surface area contributed by atoms with Gasteiger partial charge in [-0.15, -0.1) is 0 Å². The first kappa shape index (κ1) is 31.5. The van der Waals surface area contributed by atoms with Gasteiger partial charge in [-0.3, -0.25) is 4.79 Å². The number of Topliss-reactive ketones (excluding diaryl/α,β-unsaturated/α-hetero) is 1. The van der Waals surface area contributed by atoms with Crippen LogP contribution in [0.3, 0.4) is 0 Å². The van der Waals surface area contributed by atoms with Crippen LogP contribution in [-0.4, -0.2) is 45.7 Å². The fourth-order valence-corrected chi connectivity index (χ4v) is 9.41. The number of methoxy groups -OCH3 is 1. The number of aliphatic hydroxyl groups is 2. The Morgan fingerprint density at radius 1 is 0.956 bits per heavy atom. The Bertz CT molecular complexity index is 1570. The topological polar surface area (TPSA) is 107 Å². The van der Waals surface area contributed by atoms with E-state index in [0.717, 1.165) is 59.1 Å². The fourth-order valence-electron chi connectivity index (χ4n) is 9.41. The van der Waals surface area contributed by atoms with Gasteiger partial charge in [-0.1, -0.05) is 86.9 Å². The van der Waals surface area contributed by atoms with Crippen LogP contribution in [0.5, 0.6) is 11.5 Å². The van der Waals surface area contributed by atoms with Gasteiger partial charge in [0.2, 0.25) is 0 Å². The molecule has 3 aliphatic rings. The number of ketones is 1. The van der Waals surface area contributed by atoms with Crippen LogP contribution in [0.15, 0.2) is 78.9 Å². The van der Waals surface area contributed by atoms with E-state index in [9.17, 15) is 25.2 Å². The number of phenols is 2. The van der Waals surface area contributed by atoms with Gasteiger partial charge in [0.15, 0.2) is 5.79 Å². The number of aryl methyl sites for hydroxylation is 1. The highest BCUT2D eigenvalue weighted by atomic mass is 16.6. The fraction of sp³-hybridized carbons (Fsp3) is 0.462. The molecule has 3 aromatic carbocycles. The summed E-state index contributed by atoms with van der Waals surface area (Å²) in [7, 11) is 1.49. The molecule has 0 aromatic heterocycles. The van der Waals surface area contributed by atoms with Gasteiger partial charge in [-0.2, -0.15) is 0 Å². The highest BCUT2D eigenvalue weighted by molar-refractivity contribution is 5.90. The first-order valence-electron chi connectivity index (χ1n) is 16.4. The largest absolute Gasteiger partial charge is 0.508 e. The Hall–Kier alpha value is -3.45. The maximum absolute atomic E-state index is 14.6. The Kier molecular flexibility index (Phi) is 8.44. The Labute approximate surface area is 266 Å². The molecule has 6 rings (SSSR count). The lowest BCUT2D eigenvalue weighted by Crippen LogP contribution is -2.58. The zero-order valence-electron chi connectivity index (χ0n) is 26.5. The lowest BCUT2D eigenvalue weighted by atomic mass is 9.50. The number of phenolic OH excluding ortho intramolecular Hbond substituents is 2. The summed E-state index contributed by atoms with van der Waals surface area (Å²) in [6.45, 7) is 6.52. The molecule has 45 heavy (non-hydrogen) atoms. The maximum atomic E-state index is 14.6. The van der Waals surface area contributed by atoms with E-state index < -0.39 is 22.5 Å². The second-order valence-corrected chi connectivity index (χ2v) is 13.8. The summed E-state index contributed by atoms with van der Waals surface area (Å²) < 4.78 is 5.92. The summed E-state index contributed by atoms with van der Waals surface area (Å²) in [5, 5.41) is 43.0. The molecular formula is C39H46O6. The summed E-state index contributed by atoms with van der Waals surface area (Å²) in [5.41, 5.74) is 3.71. The molecule has 3 saturated carbocycles. The quantitative estimate of drug-likeness (QED) is 0.146. The van der Waals surface area contributed by atoms with Crippen LogP contribution in [0.25, 0.3) is 11.1 Å². The third-order valence-electron chi connectivity index (χ3n) is 11.8. The van der Waals surface area contributed by atoms with Crippen molar-refractivity contribution in [1.29, 1.82) is 0 Å². The van der Waals surface area contributed by atoms with E-state index in [0.29, 0.717) is 19.3 Å². The molecular weight excluding hydrogens is 564 g/mol. The van der Waals surface area contributed by atoms with E-state index in [2.05, 4.69) is 19.6 Å². The summed E-state index contributed by atoms with van der Waals surface area (Å²) in [6, 6.07) is 20.7. The van der Waals surface area contributed by atoms with Crippen molar-refractivity contribution < 1.29 is 30.0 Å².